The van der Waals surface area contributed by atoms with Crippen molar-refractivity contribution in [2.24, 2.45) is 114 Å². The molecule has 86 heavy (non-hydrogen) atoms. The van der Waals surface area contributed by atoms with Crippen molar-refractivity contribution in [3.63, 3.8) is 0 Å². The van der Waals surface area contributed by atoms with Crippen LogP contribution in [0, 0.1) is 114 Å². The molecule has 478 valence electrons. The molecule has 13 rings (SSSR count). The van der Waals surface area contributed by atoms with Crippen molar-refractivity contribution < 1.29 is 38.1 Å². The van der Waals surface area contributed by atoms with Gasteiger partial charge >= 0.3 is 23.9 Å². The van der Waals surface area contributed by atoms with E-state index in [1.54, 1.807) is 12.1 Å². The molecule has 0 heterocycles. The summed E-state index contributed by atoms with van der Waals surface area (Å²) in [5.74, 6) is 2.46. The van der Waals surface area contributed by atoms with Crippen LogP contribution in [0.25, 0.3) is 0 Å². The van der Waals surface area contributed by atoms with Crippen LogP contribution >= 0.6 is 0 Å². The maximum absolute atomic E-state index is 16.2. The number of carbonyl (C=O) groups is 4. The number of benzene rings is 1. The third-order valence-corrected chi connectivity index (χ3v) is 31.9. The summed E-state index contributed by atoms with van der Waals surface area (Å²) >= 11 is 0. The third-order valence-electron chi connectivity index (χ3n) is 31.9. The molecule has 0 saturated heterocycles. The van der Waals surface area contributed by atoms with Crippen LogP contribution in [-0.2, 0) is 18.9 Å². The first-order valence-corrected chi connectivity index (χ1v) is 36.8. The van der Waals surface area contributed by atoms with E-state index in [9.17, 15) is 0 Å². The van der Waals surface area contributed by atoms with Crippen LogP contribution in [0.3, 0.4) is 0 Å². The lowest BCUT2D eigenvalue weighted by molar-refractivity contribution is -0.0492. The van der Waals surface area contributed by atoms with Gasteiger partial charge in [0.2, 0.25) is 0 Å². The van der Waals surface area contributed by atoms with E-state index in [0.29, 0.717) is 47.3 Å². The lowest BCUT2D eigenvalue weighted by Crippen LogP contribution is -2.43. The van der Waals surface area contributed by atoms with Crippen LogP contribution in [0.1, 0.15) is 330 Å². The van der Waals surface area contributed by atoms with Crippen molar-refractivity contribution in [1.82, 2.24) is 0 Å². The summed E-state index contributed by atoms with van der Waals surface area (Å²) in [6, 6.07) is 3.17. The molecule has 0 spiro atoms. The molecule has 4 unspecified atom stereocenters. The van der Waals surface area contributed by atoms with Crippen LogP contribution in [-0.4, -0.2) is 48.3 Å². The van der Waals surface area contributed by atoms with E-state index in [1.807, 2.05) is 0 Å². The summed E-state index contributed by atoms with van der Waals surface area (Å²) in [7, 11) is 0. The molecule has 0 aromatic heterocycles. The average molecular weight is 1180 g/mol. The number of hydrogen-bond donors (Lipinski definition) is 0. The van der Waals surface area contributed by atoms with Crippen molar-refractivity contribution in [3.05, 3.63) is 34.4 Å². The van der Waals surface area contributed by atoms with Crippen molar-refractivity contribution in [2.75, 3.05) is 0 Å². The number of hydrogen-bond acceptors (Lipinski definition) is 8. The van der Waals surface area contributed by atoms with Crippen LogP contribution < -0.4 is 0 Å². The summed E-state index contributed by atoms with van der Waals surface area (Å²) in [5.41, 5.74) is -1.23. The van der Waals surface area contributed by atoms with Gasteiger partial charge in [0.1, 0.15) is 24.4 Å². The molecule has 16 atom stereocenters. The molecule has 12 saturated carbocycles. The molecule has 0 N–H and O–H groups in total. The highest BCUT2D eigenvalue weighted by atomic mass is 16.6. The lowest BCUT2D eigenvalue weighted by atomic mass is 9.69. The minimum absolute atomic E-state index is 0.0249. The predicted octanol–water partition coefficient (Wildman–Crippen LogP) is 20.0. The molecule has 8 heteroatoms. The van der Waals surface area contributed by atoms with Crippen molar-refractivity contribution >= 4 is 23.9 Å². The normalized spacial score (nSPS) is 42.1. The largest absolute Gasteiger partial charge is 0.458 e. The number of fused-ring (bicyclic) bond motifs is 8. The molecule has 12 aliphatic carbocycles. The van der Waals surface area contributed by atoms with Crippen LogP contribution in [0.5, 0.6) is 0 Å². The maximum Gasteiger partial charge on any atom is 0.339 e. The molecule has 1 aromatic rings. The van der Waals surface area contributed by atoms with E-state index in [1.165, 1.54) is 128 Å². The Morgan fingerprint density at radius 3 is 0.674 bits per heavy atom. The van der Waals surface area contributed by atoms with Gasteiger partial charge in [0.25, 0.3) is 0 Å². The third kappa shape index (κ3) is 9.58. The summed E-state index contributed by atoms with van der Waals surface area (Å²) in [6.07, 6.45) is 36.1. The molecular weight excluding hydrogens is 1060 g/mol. The van der Waals surface area contributed by atoms with Crippen LogP contribution in [0.15, 0.2) is 12.1 Å². The maximum atomic E-state index is 16.2. The topological polar surface area (TPSA) is 105 Å². The fourth-order valence-corrected chi connectivity index (χ4v) is 25.3. The van der Waals surface area contributed by atoms with Crippen molar-refractivity contribution in [2.45, 2.75) is 313 Å². The van der Waals surface area contributed by atoms with Gasteiger partial charge in [0.15, 0.2) is 0 Å². The molecule has 8 bridgehead atoms. The Balaban J connectivity index is 0.927. The zero-order valence-electron chi connectivity index (χ0n) is 56.3. The monoisotopic (exact) mass is 1180 g/mol. The Labute approximate surface area is 521 Å². The first kappa shape index (κ1) is 61.9. The summed E-state index contributed by atoms with van der Waals surface area (Å²) in [6.45, 7) is 28.6. The second-order valence-corrected chi connectivity index (χ2v) is 36.0. The Morgan fingerprint density at radius 2 is 0.488 bits per heavy atom. The minimum atomic E-state index is -0.592. The molecule has 0 radical (unpaired) electrons. The van der Waals surface area contributed by atoms with Gasteiger partial charge in [-0.1, -0.05) is 212 Å². The smallest absolute Gasteiger partial charge is 0.339 e. The van der Waals surface area contributed by atoms with Crippen LogP contribution in [0.4, 0.5) is 0 Å². The fraction of sp³-hybridized carbons (Fsp3) is 0.872. The van der Waals surface area contributed by atoms with E-state index in [-0.39, 0.29) is 114 Å². The van der Waals surface area contributed by atoms with Crippen molar-refractivity contribution in [3.8, 4) is 0 Å². The summed E-state index contributed by atoms with van der Waals surface area (Å²) in [5, 5.41) is 0. The zero-order chi connectivity index (χ0) is 60.7. The molecule has 1 aromatic carbocycles. The SMILES string of the molecule is CC1(C)C2CC[C@]1(C)[C@@H](OC(=O)c1cc(C(=O)O[C@H]3[C@H](CC4CCCCC4)C4CC[C@@]3(C)C4(C)C)c(C(=O)O[C@H]3[C@H](CC4CCCCC4)C4CC[C@@]3(C)C4(C)C)cc1C(=O)O[C@H]1[C@H](CC3CCCCC3)C3CC[C@@]1(C)C3(C)C)[C@@H]2CC1CCCCC1. The molecule has 0 amide bonds. The first-order valence-electron chi connectivity index (χ1n) is 36.8. The van der Waals surface area contributed by atoms with E-state index in [0.717, 1.165) is 77.0 Å². The second kappa shape index (κ2) is 22.4. The van der Waals surface area contributed by atoms with Gasteiger partial charge < -0.3 is 18.9 Å². The summed E-state index contributed by atoms with van der Waals surface area (Å²) < 4.78 is 28.8. The van der Waals surface area contributed by atoms with Crippen molar-refractivity contribution in [1.29, 1.82) is 0 Å². The molecule has 8 nitrogen and oxygen atoms in total. The zero-order valence-corrected chi connectivity index (χ0v) is 56.3. The van der Waals surface area contributed by atoms with E-state index >= 15 is 19.2 Å². The first-order chi connectivity index (χ1) is 40.8. The Kier molecular flexibility index (Phi) is 16.2. The Morgan fingerprint density at radius 1 is 0.302 bits per heavy atom. The lowest BCUT2D eigenvalue weighted by Gasteiger charge is -2.41. The second-order valence-electron chi connectivity index (χ2n) is 36.0. The predicted molar refractivity (Wildman–Crippen MR) is 340 cm³/mol. The molecule has 0 aliphatic heterocycles. The standard InChI is InChI=1S/C78H118O8/c1-71(2)59-33-37-75(71,9)63(55(59)41-47-25-17-13-18-26-47)83-67(79)51-45-53(69(81)85-65-57(43-49-29-21-15-22-30-49)61-35-39-77(65,11)73(61,5)6)54(70(82)86-66-58(44-50-31-23-16-24-32-50)62-36-40-78(66,12)74(62,7)8)46-52(51)68(80)84-64-56(42-48-27-19-14-20-28-48)60-34-38-76(64,10)72(60,3)4/h45-50,55-66H,13-44H2,1-12H3/t55-,56-,57-,58-,59?,60?,61?,62?,63+,64+,65+,66+,75-,76-,77-,78-/m1/s1. The molecular formula is C78H118O8. The van der Waals surface area contributed by atoms with E-state index in [2.05, 4.69) is 83.1 Å². The van der Waals surface area contributed by atoms with E-state index < -0.39 is 23.9 Å². The van der Waals surface area contributed by atoms with Gasteiger partial charge in [-0.25, -0.2) is 19.2 Å². The van der Waals surface area contributed by atoms with Gasteiger partial charge in [-0.2, -0.15) is 0 Å². The van der Waals surface area contributed by atoms with E-state index in [4.69, 9.17) is 18.9 Å². The Bertz CT molecular complexity index is 2360. The quantitative estimate of drug-likeness (QED) is 0.119. The van der Waals surface area contributed by atoms with Gasteiger partial charge in [0.05, 0.1) is 22.3 Å². The van der Waals surface area contributed by atoms with Crippen LogP contribution in [0.2, 0.25) is 0 Å². The minimum Gasteiger partial charge on any atom is -0.458 e. The highest BCUT2D eigenvalue weighted by Gasteiger charge is 2.72. The average Bonchev–Trinajstić information content (AvgIpc) is 1.57. The fourth-order valence-electron chi connectivity index (χ4n) is 25.3. The summed E-state index contributed by atoms with van der Waals surface area (Å²) in [4.78, 5) is 64.7. The van der Waals surface area contributed by atoms with Gasteiger partial charge in [0, 0.05) is 45.3 Å². The Hall–Kier alpha value is -2.90. The van der Waals surface area contributed by atoms with Gasteiger partial charge in [-0.05, 0) is 158 Å². The number of rotatable bonds is 16. The molecule has 12 fully saturated rings. The van der Waals surface area contributed by atoms with Gasteiger partial charge in [-0.3, -0.25) is 0 Å². The number of carbonyl (C=O) groups excluding carboxylic acids is 4. The molecule has 12 aliphatic rings. The highest BCUT2D eigenvalue weighted by Crippen LogP contribution is 2.74. The highest BCUT2D eigenvalue weighted by molar-refractivity contribution is 6.10. The number of ether oxygens (including phenoxy) is 4. The van der Waals surface area contributed by atoms with Gasteiger partial charge in [-0.15, -0.1) is 0 Å². The number of esters is 4.